The molecule has 1 aliphatic heterocycles. The van der Waals surface area contributed by atoms with Gasteiger partial charge in [-0.2, -0.15) is 0 Å². The van der Waals surface area contributed by atoms with Crippen molar-refractivity contribution in [1.29, 1.82) is 0 Å². The second kappa shape index (κ2) is 1.55. The van der Waals surface area contributed by atoms with E-state index in [0.29, 0.717) is 0 Å². The first-order valence-corrected chi connectivity index (χ1v) is 1.66. The van der Waals surface area contributed by atoms with Crippen molar-refractivity contribution in [2.75, 3.05) is 7.11 Å². The van der Waals surface area contributed by atoms with Gasteiger partial charge in [0.15, 0.2) is 0 Å². The van der Waals surface area contributed by atoms with Crippen LogP contribution < -0.4 is 5.43 Å². The molecule has 0 aromatic carbocycles. The van der Waals surface area contributed by atoms with Gasteiger partial charge in [0.25, 0.3) is 0 Å². The van der Waals surface area contributed by atoms with Crippen molar-refractivity contribution in [2.24, 2.45) is 15.5 Å². The van der Waals surface area contributed by atoms with E-state index >= 15 is 0 Å². The van der Waals surface area contributed by atoms with Crippen molar-refractivity contribution in [3.63, 3.8) is 0 Å². The van der Waals surface area contributed by atoms with Gasteiger partial charge >= 0.3 is 6.02 Å². The summed E-state index contributed by atoms with van der Waals surface area (Å²) in [5.74, 6) is 0. The van der Waals surface area contributed by atoms with Crippen molar-refractivity contribution >= 4 is 6.02 Å². The summed E-state index contributed by atoms with van der Waals surface area (Å²) in [6, 6.07) is 0.208. The Morgan fingerprint density at radius 1 is 1.43 bits per heavy atom. The molecule has 1 rings (SSSR count). The minimum atomic E-state index is 0.208. The van der Waals surface area contributed by atoms with Gasteiger partial charge in [-0.1, -0.05) is 10.5 Å². The van der Waals surface area contributed by atoms with Crippen LogP contribution in [0, 0.1) is 0 Å². The van der Waals surface area contributed by atoms with Crippen LogP contribution in [0.4, 0.5) is 0 Å². The third kappa shape index (κ3) is 0.648. The first-order chi connectivity index (χ1) is 3.43. The van der Waals surface area contributed by atoms with Gasteiger partial charge in [-0.25, -0.2) is 0 Å². The molecule has 0 aromatic heterocycles. The summed E-state index contributed by atoms with van der Waals surface area (Å²) in [7, 11) is 1.46. The molecule has 0 saturated carbocycles. The molecule has 0 unspecified atom stereocenters. The molecule has 0 N–H and O–H groups in total. The highest BCUT2D eigenvalue weighted by Gasteiger charge is 2.01. The van der Waals surface area contributed by atoms with Crippen LogP contribution in [0.15, 0.2) is 15.5 Å². The Hall–Kier alpha value is -1.13. The summed E-state index contributed by atoms with van der Waals surface area (Å²) in [6.45, 7) is 0. The largest absolute Gasteiger partial charge is 0.465 e. The molecule has 5 heteroatoms. The van der Waals surface area contributed by atoms with Gasteiger partial charge in [0.2, 0.25) is 0 Å². The van der Waals surface area contributed by atoms with Crippen molar-refractivity contribution in [3.05, 3.63) is 0 Å². The van der Waals surface area contributed by atoms with Gasteiger partial charge in [-0.05, 0) is 10.4 Å². The zero-order valence-corrected chi connectivity index (χ0v) is 3.70. The Morgan fingerprint density at radius 3 is 2.57 bits per heavy atom. The molecule has 0 saturated heterocycles. The molecule has 1 aliphatic rings. The number of ether oxygens (including phenoxy) is 1. The molecule has 0 aliphatic carbocycles. The van der Waals surface area contributed by atoms with E-state index in [2.05, 4.69) is 25.7 Å². The average Bonchev–Trinajstić information content (AvgIpc) is 2.14. The third-order valence-electron chi connectivity index (χ3n) is 0.483. The second-order valence-corrected chi connectivity index (χ2v) is 0.866. The number of nitrogens with zero attached hydrogens (tertiary/aromatic N) is 4. The fourth-order valence-electron chi connectivity index (χ4n) is 0.218. The van der Waals surface area contributed by atoms with E-state index in [9.17, 15) is 0 Å². The Bertz CT molecular complexity index is 117. The number of methoxy groups -OCH3 is 1. The van der Waals surface area contributed by atoms with E-state index in [4.69, 9.17) is 0 Å². The lowest BCUT2D eigenvalue weighted by Gasteiger charge is -1.86. The van der Waals surface area contributed by atoms with Crippen LogP contribution in [0.2, 0.25) is 0 Å². The number of hydrogen-bond acceptors (Lipinski definition) is 4. The fraction of sp³-hybridized carbons (Fsp3) is 0.500. The van der Waals surface area contributed by atoms with Crippen molar-refractivity contribution in [2.45, 2.75) is 0 Å². The van der Waals surface area contributed by atoms with E-state index in [-0.39, 0.29) is 6.02 Å². The van der Waals surface area contributed by atoms with Crippen molar-refractivity contribution < 1.29 is 4.74 Å². The van der Waals surface area contributed by atoms with Gasteiger partial charge < -0.3 is 4.74 Å². The predicted octanol–water partition coefficient (Wildman–Crippen LogP) is -0.111. The number of hydrogen-bond donors (Lipinski definition) is 0. The minimum Gasteiger partial charge on any atom is -0.465 e. The average molecular weight is 99.1 g/mol. The van der Waals surface area contributed by atoms with E-state index in [1.807, 2.05) is 0 Å². The molecule has 1 radical (unpaired) electrons. The van der Waals surface area contributed by atoms with Crippen LogP contribution >= 0.6 is 0 Å². The van der Waals surface area contributed by atoms with Crippen LogP contribution in [0.1, 0.15) is 0 Å². The van der Waals surface area contributed by atoms with E-state index in [1.54, 1.807) is 0 Å². The van der Waals surface area contributed by atoms with Gasteiger partial charge in [0.05, 0.1) is 7.11 Å². The van der Waals surface area contributed by atoms with Gasteiger partial charge in [0, 0.05) is 0 Å². The molecule has 0 bridgehead atoms. The predicted molar refractivity (Wildman–Crippen MR) is 21.4 cm³/mol. The van der Waals surface area contributed by atoms with E-state index in [0.717, 1.165) is 0 Å². The zero-order valence-electron chi connectivity index (χ0n) is 3.70. The minimum absolute atomic E-state index is 0.208. The van der Waals surface area contributed by atoms with Gasteiger partial charge in [-0.3, -0.25) is 0 Å². The Labute approximate surface area is 40.0 Å². The molecule has 37 valence electrons. The second-order valence-electron chi connectivity index (χ2n) is 0.866. The maximum absolute atomic E-state index is 4.51. The highest BCUT2D eigenvalue weighted by Crippen LogP contribution is 1.88. The van der Waals surface area contributed by atoms with Gasteiger partial charge in [0.1, 0.15) is 0 Å². The SMILES string of the molecule is COC1=NN=N[N]1. The summed E-state index contributed by atoms with van der Waals surface area (Å²) >= 11 is 0. The number of amidine groups is 1. The molecule has 5 nitrogen and oxygen atoms in total. The highest BCUT2D eigenvalue weighted by atomic mass is 16.5. The lowest BCUT2D eigenvalue weighted by atomic mass is 11.2. The molecule has 0 amide bonds. The fourth-order valence-corrected chi connectivity index (χ4v) is 0.218. The molecule has 7 heavy (non-hydrogen) atoms. The quantitative estimate of drug-likeness (QED) is 0.418. The van der Waals surface area contributed by atoms with Crippen LogP contribution in [-0.4, -0.2) is 13.1 Å². The maximum atomic E-state index is 4.51. The highest BCUT2D eigenvalue weighted by molar-refractivity contribution is 5.72. The Balaban J connectivity index is 2.45. The number of rotatable bonds is 0. The lowest BCUT2D eigenvalue weighted by Crippen LogP contribution is -2.06. The van der Waals surface area contributed by atoms with Crippen molar-refractivity contribution in [3.8, 4) is 0 Å². The topological polar surface area (TPSA) is 60.4 Å². The Kier molecular flexibility index (Phi) is 0.892. The lowest BCUT2D eigenvalue weighted by molar-refractivity contribution is 0.384. The van der Waals surface area contributed by atoms with Crippen LogP contribution in [0.25, 0.3) is 0 Å². The first-order valence-electron chi connectivity index (χ1n) is 1.66. The summed E-state index contributed by atoms with van der Waals surface area (Å²) in [6.07, 6.45) is 0. The molecule has 1 heterocycles. The monoisotopic (exact) mass is 99.0 g/mol. The Morgan fingerprint density at radius 2 is 2.29 bits per heavy atom. The molecular weight excluding hydrogens is 96.0 g/mol. The first kappa shape index (κ1) is 4.04. The van der Waals surface area contributed by atoms with Crippen LogP contribution in [0.5, 0.6) is 0 Å². The van der Waals surface area contributed by atoms with E-state index < -0.39 is 0 Å². The summed E-state index contributed by atoms with van der Waals surface area (Å²) in [5, 5.41) is 9.65. The normalized spacial score (nSPS) is 15.9. The van der Waals surface area contributed by atoms with Gasteiger partial charge in [-0.15, -0.1) is 0 Å². The third-order valence-corrected chi connectivity index (χ3v) is 0.483. The molecule has 0 aromatic rings. The molecular formula is C2H3N4O. The van der Waals surface area contributed by atoms with Crippen LogP contribution in [-0.2, 0) is 4.74 Å². The van der Waals surface area contributed by atoms with E-state index in [1.165, 1.54) is 7.11 Å². The van der Waals surface area contributed by atoms with Crippen LogP contribution in [0.3, 0.4) is 0 Å². The molecule has 0 spiro atoms. The molecule has 0 atom stereocenters. The van der Waals surface area contributed by atoms with Crippen molar-refractivity contribution in [1.82, 2.24) is 5.43 Å². The summed E-state index contributed by atoms with van der Waals surface area (Å²) in [5.41, 5.74) is 3.34. The smallest absolute Gasteiger partial charge is 0.357 e. The summed E-state index contributed by atoms with van der Waals surface area (Å²) < 4.78 is 4.51. The zero-order chi connectivity index (χ0) is 5.11. The summed E-state index contributed by atoms with van der Waals surface area (Å²) in [4.78, 5) is 0. The standard InChI is InChI=1S/C2H3N4O/c1-7-2-3-5-6-4-2/h1H3. The maximum Gasteiger partial charge on any atom is 0.357 e. The molecule has 0 fully saturated rings.